The molecule has 0 unspecified atom stereocenters. The minimum Gasteiger partial charge on any atom is -0.619 e. The number of fused-ring (bicyclic) bond motifs is 1. The molecule has 12 nitrogen and oxygen atoms in total. The first-order chi connectivity index (χ1) is 25.8. The van der Waals surface area contributed by atoms with E-state index < -0.39 is 34.7 Å². The van der Waals surface area contributed by atoms with Crippen molar-refractivity contribution in [3.63, 3.8) is 0 Å². The number of amides is 2. The van der Waals surface area contributed by atoms with Crippen LogP contribution in [0.2, 0.25) is 0 Å². The number of rotatable bonds is 13. The number of hydrogen-bond donors (Lipinski definition) is 3. The van der Waals surface area contributed by atoms with E-state index in [9.17, 15) is 24.7 Å². The summed E-state index contributed by atoms with van der Waals surface area (Å²) in [6, 6.07) is 32.4. The van der Waals surface area contributed by atoms with Crippen LogP contribution in [-0.2, 0) is 24.8 Å². The lowest BCUT2D eigenvalue weighted by Crippen LogP contribution is -2.71. The van der Waals surface area contributed by atoms with Crippen molar-refractivity contribution in [1.29, 1.82) is 0 Å². The fourth-order valence-corrected chi connectivity index (χ4v) is 9.47. The Kier molecular flexibility index (Phi) is 10.5. The maximum Gasteiger partial charge on any atom is 0.352 e. The Labute approximate surface area is 317 Å². The van der Waals surface area contributed by atoms with Crippen LogP contribution >= 0.6 is 34.9 Å². The minimum atomic E-state index is -1.23. The molecule has 268 valence electrons. The van der Waals surface area contributed by atoms with Gasteiger partial charge in [-0.3, -0.25) is 14.5 Å². The number of carbonyl (C=O) groups is 3. The lowest BCUT2D eigenvalue weighted by atomic mass is 9.77. The van der Waals surface area contributed by atoms with Gasteiger partial charge in [-0.15, -0.1) is 34.9 Å². The third-order valence-electron chi connectivity index (χ3n) is 8.78. The SMILES string of the molecule is CO/N=C(\C(=O)N[C@@H]1C(=O)N2C(C(=O)O)=C(CSc3cc[n+]([O-])cc3)CS[C@H]12)c1csc(NC(c2ccccc2)(c2ccccc2)c2ccccc2)n1. The summed E-state index contributed by atoms with van der Waals surface area (Å²) < 4.78 is 0.668. The Hall–Kier alpha value is -5.64. The number of benzene rings is 3. The van der Waals surface area contributed by atoms with Gasteiger partial charge < -0.3 is 25.8 Å². The predicted octanol–water partition coefficient (Wildman–Crippen LogP) is 5.06. The van der Waals surface area contributed by atoms with Gasteiger partial charge in [-0.1, -0.05) is 96.2 Å². The third-order valence-corrected chi connectivity index (χ3v) is 12.0. The van der Waals surface area contributed by atoms with Gasteiger partial charge in [-0.25, -0.2) is 9.78 Å². The number of aliphatic carboxylic acids is 1. The number of aromatic nitrogens is 2. The Morgan fingerprint density at radius 2 is 1.58 bits per heavy atom. The number of nitrogens with zero attached hydrogens (tertiary/aromatic N) is 4. The lowest BCUT2D eigenvalue weighted by Gasteiger charge is -2.49. The molecule has 0 spiro atoms. The standard InChI is InChI=1S/C38H32N6O6S3/c1-50-42-30(33(45)40-31-34(46)44-32(36(47)48)24(22-52-35(31)44)21-51-28-17-19-43(49)20-18-28)29-23-53-37(39-29)41-38(25-11-5-2-6-12-25,26-13-7-3-8-14-26)27-15-9-4-10-16-27/h2-20,23,31,35H,21-22H2,1H3,(H,39,41)(H,40,45)(H,47,48)/b42-30-/t31-,35-/m1/s1. The largest absolute Gasteiger partial charge is 0.619 e. The number of nitrogens with one attached hydrogen (secondary N) is 2. The summed E-state index contributed by atoms with van der Waals surface area (Å²) in [5, 5.41) is 33.5. The Morgan fingerprint density at radius 1 is 1.00 bits per heavy atom. The highest BCUT2D eigenvalue weighted by Gasteiger charge is 2.54. The monoisotopic (exact) mass is 764 g/mol. The molecule has 0 aliphatic carbocycles. The molecular weight excluding hydrogens is 733 g/mol. The summed E-state index contributed by atoms with van der Waals surface area (Å²) in [7, 11) is 1.31. The van der Waals surface area contributed by atoms with E-state index in [0.717, 1.165) is 21.6 Å². The van der Waals surface area contributed by atoms with Crippen molar-refractivity contribution in [3.05, 3.63) is 160 Å². The molecule has 7 rings (SSSR count). The molecule has 2 aromatic heterocycles. The molecule has 5 aromatic rings. The summed E-state index contributed by atoms with van der Waals surface area (Å²) in [6.45, 7) is 0. The second-order valence-corrected chi connectivity index (χ2v) is 14.9. The Bertz CT molecular complexity index is 2090. The predicted molar refractivity (Wildman–Crippen MR) is 204 cm³/mol. The smallest absolute Gasteiger partial charge is 0.352 e. The van der Waals surface area contributed by atoms with Crippen LogP contribution in [0.5, 0.6) is 0 Å². The van der Waals surface area contributed by atoms with Crippen molar-refractivity contribution in [1.82, 2.24) is 15.2 Å². The molecule has 1 fully saturated rings. The lowest BCUT2D eigenvalue weighted by molar-refractivity contribution is -0.605. The van der Waals surface area contributed by atoms with E-state index in [1.165, 1.54) is 59.3 Å². The number of carboxylic acids is 1. The first-order valence-electron chi connectivity index (χ1n) is 16.3. The normalized spacial score (nSPS) is 17.1. The van der Waals surface area contributed by atoms with Crippen molar-refractivity contribution in [3.8, 4) is 0 Å². The van der Waals surface area contributed by atoms with Gasteiger partial charge in [0.05, 0.1) is 0 Å². The number of anilines is 1. The van der Waals surface area contributed by atoms with Crippen LogP contribution in [0.15, 0.2) is 142 Å². The average molecular weight is 765 g/mol. The van der Waals surface area contributed by atoms with E-state index >= 15 is 0 Å². The van der Waals surface area contributed by atoms with Crippen LogP contribution in [0, 0.1) is 5.21 Å². The van der Waals surface area contributed by atoms with Crippen molar-refractivity contribution < 1.29 is 29.1 Å². The molecule has 0 saturated carbocycles. The van der Waals surface area contributed by atoms with Crippen LogP contribution in [0.3, 0.4) is 0 Å². The number of thioether (sulfide) groups is 2. The van der Waals surface area contributed by atoms with Crippen molar-refractivity contribution in [2.45, 2.75) is 21.9 Å². The number of carboxylic acid groups (broad SMARTS) is 1. The molecule has 2 amide bonds. The van der Waals surface area contributed by atoms with Crippen LogP contribution in [0.4, 0.5) is 5.13 Å². The first kappa shape index (κ1) is 35.7. The molecule has 2 aliphatic heterocycles. The van der Waals surface area contributed by atoms with Gasteiger partial charge in [0.25, 0.3) is 11.8 Å². The topological polar surface area (TPSA) is 160 Å². The number of β-lactam (4-membered cyclic amide) rings is 1. The Morgan fingerprint density at radius 3 is 2.13 bits per heavy atom. The van der Waals surface area contributed by atoms with Gasteiger partial charge in [0.2, 0.25) is 0 Å². The zero-order chi connectivity index (χ0) is 37.0. The molecule has 2 atom stereocenters. The number of hydrogen-bond acceptors (Lipinski definition) is 11. The molecule has 53 heavy (non-hydrogen) atoms. The summed E-state index contributed by atoms with van der Waals surface area (Å²) in [5.74, 6) is -1.80. The van der Waals surface area contributed by atoms with Gasteiger partial charge in [0.1, 0.15) is 35.5 Å². The molecule has 4 heterocycles. The second kappa shape index (κ2) is 15.5. The molecule has 1 saturated heterocycles. The maximum atomic E-state index is 13.8. The second-order valence-electron chi connectivity index (χ2n) is 11.9. The van der Waals surface area contributed by atoms with Crippen LogP contribution in [0.25, 0.3) is 0 Å². The summed E-state index contributed by atoms with van der Waals surface area (Å²) in [5.41, 5.74) is 2.65. The first-order valence-corrected chi connectivity index (χ1v) is 19.3. The van der Waals surface area contributed by atoms with Gasteiger partial charge in [0.15, 0.2) is 23.2 Å². The molecule has 0 radical (unpaired) electrons. The number of oxime groups is 1. The summed E-state index contributed by atoms with van der Waals surface area (Å²) >= 11 is 4.02. The fraction of sp³-hybridized carbons (Fsp3) is 0.158. The highest BCUT2D eigenvalue weighted by molar-refractivity contribution is 8.01. The van der Waals surface area contributed by atoms with E-state index in [-0.39, 0.29) is 17.1 Å². The zero-order valence-corrected chi connectivity index (χ0v) is 30.6. The van der Waals surface area contributed by atoms with E-state index in [1.54, 1.807) is 17.5 Å². The highest BCUT2D eigenvalue weighted by atomic mass is 32.2. The van der Waals surface area contributed by atoms with Crippen molar-refractivity contribution in [2.75, 3.05) is 23.9 Å². The van der Waals surface area contributed by atoms with E-state index in [2.05, 4.69) is 52.2 Å². The van der Waals surface area contributed by atoms with E-state index in [0.29, 0.717) is 26.9 Å². The molecular formula is C38H32N6O6S3. The van der Waals surface area contributed by atoms with Gasteiger partial charge in [0, 0.05) is 33.9 Å². The van der Waals surface area contributed by atoms with Crippen LogP contribution in [-0.4, -0.2) is 68.5 Å². The number of carbonyl (C=O) groups excluding carboxylic acids is 2. The molecule has 3 aromatic carbocycles. The van der Waals surface area contributed by atoms with Gasteiger partial charge in [-0.2, -0.15) is 4.73 Å². The molecule has 15 heteroatoms. The van der Waals surface area contributed by atoms with Crippen LogP contribution < -0.4 is 15.4 Å². The van der Waals surface area contributed by atoms with E-state index in [1.807, 2.05) is 54.6 Å². The van der Waals surface area contributed by atoms with Gasteiger partial charge in [-0.05, 0) is 22.3 Å². The number of thiazole rings is 1. The summed E-state index contributed by atoms with van der Waals surface area (Å²) in [6.07, 6.45) is 2.73. The fourth-order valence-electron chi connectivity index (χ4n) is 6.35. The molecule has 2 aliphatic rings. The van der Waals surface area contributed by atoms with Crippen molar-refractivity contribution >= 4 is 63.5 Å². The average Bonchev–Trinajstić information content (AvgIpc) is 3.66. The zero-order valence-electron chi connectivity index (χ0n) is 28.1. The van der Waals surface area contributed by atoms with Gasteiger partial charge >= 0.3 is 5.97 Å². The Balaban J connectivity index is 1.12. The highest BCUT2D eigenvalue weighted by Crippen LogP contribution is 2.43. The van der Waals surface area contributed by atoms with Crippen molar-refractivity contribution in [2.24, 2.45) is 5.16 Å². The van der Waals surface area contributed by atoms with E-state index in [4.69, 9.17) is 9.82 Å². The molecule has 0 bridgehead atoms. The molecule has 3 N–H and O–H groups in total. The minimum absolute atomic E-state index is 0.0914. The summed E-state index contributed by atoms with van der Waals surface area (Å²) in [4.78, 5) is 51.5. The number of pyridine rings is 1. The maximum absolute atomic E-state index is 13.8. The van der Waals surface area contributed by atoms with Crippen LogP contribution in [0.1, 0.15) is 22.4 Å². The third kappa shape index (κ3) is 7.10. The quantitative estimate of drug-likeness (QED) is 0.0281.